The molecule has 0 atom stereocenters. The largest absolute Gasteiger partial charge is 0.269 e. The van der Waals surface area contributed by atoms with Gasteiger partial charge in [0.1, 0.15) is 5.52 Å². The summed E-state index contributed by atoms with van der Waals surface area (Å²) in [6.07, 6.45) is 6.94. The first-order valence-corrected chi connectivity index (χ1v) is 6.79. The van der Waals surface area contributed by atoms with Crippen LogP contribution in [0.2, 0.25) is 0 Å². The molecule has 0 N–H and O–H groups in total. The average Bonchev–Trinajstić information content (AvgIpc) is 3.16. The molecule has 0 amide bonds. The lowest BCUT2D eigenvalue weighted by Gasteiger charge is -1.97. The van der Waals surface area contributed by atoms with Crippen LogP contribution in [0.15, 0.2) is 36.9 Å². The monoisotopic (exact) mass is 279 g/mol. The standard InChI is InChI=1S/C16H14N5/c1-19-13-8-18-6-4-12(13)14-16(19)21-9-10-7-17-5-3-11(10)15(21)20(14)2/h3-8H,9H2,1-2H3/q+1/i1D3. The number of hydrogen-bond acceptors (Lipinski definition) is 2. The second-order valence-electron chi connectivity index (χ2n) is 5.40. The summed E-state index contributed by atoms with van der Waals surface area (Å²) in [5.74, 6) is 1.01. The quantitative estimate of drug-likeness (QED) is 0.405. The molecule has 21 heavy (non-hydrogen) atoms. The Bertz CT molecular complexity index is 1140. The maximum Gasteiger partial charge on any atom is 0.269 e. The summed E-state index contributed by atoms with van der Waals surface area (Å²) in [6, 6.07) is 3.86. The lowest BCUT2D eigenvalue weighted by atomic mass is 10.2. The average molecular weight is 279 g/mol. The third-order valence-electron chi connectivity index (χ3n) is 4.36. The SMILES string of the molecule is [2H]C([2H])([2H])n1c2cnccc2c2c1[n+]1c(n2C)-c2ccncc2C1. The van der Waals surface area contributed by atoms with Gasteiger partial charge in [0.05, 0.1) is 41.8 Å². The van der Waals surface area contributed by atoms with Gasteiger partial charge in [-0.3, -0.25) is 19.1 Å². The van der Waals surface area contributed by atoms with Gasteiger partial charge in [-0.1, -0.05) is 0 Å². The third-order valence-corrected chi connectivity index (χ3v) is 4.36. The Kier molecular flexibility index (Phi) is 1.42. The molecule has 5 heteroatoms. The van der Waals surface area contributed by atoms with Gasteiger partial charge in [0.15, 0.2) is 5.52 Å². The predicted molar refractivity (Wildman–Crippen MR) is 79.7 cm³/mol. The Morgan fingerprint density at radius 2 is 2.05 bits per heavy atom. The van der Waals surface area contributed by atoms with Crippen molar-refractivity contribution in [1.82, 2.24) is 19.1 Å². The lowest BCUT2D eigenvalue weighted by Crippen LogP contribution is -2.33. The van der Waals surface area contributed by atoms with E-state index in [1.165, 1.54) is 4.57 Å². The third kappa shape index (κ3) is 1.15. The van der Waals surface area contributed by atoms with Crippen LogP contribution >= 0.6 is 0 Å². The van der Waals surface area contributed by atoms with E-state index in [1.54, 1.807) is 18.6 Å². The number of fused-ring (bicyclic) bond motifs is 7. The van der Waals surface area contributed by atoms with Gasteiger partial charge in [0.25, 0.3) is 5.65 Å². The van der Waals surface area contributed by atoms with E-state index in [4.69, 9.17) is 4.11 Å². The summed E-state index contributed by atoms with van der Waals surface area (Å²) in [5.41, 5.74) is 4.45. The molecule has 1 aliphatic rings. The molecule has 0 saturated carbocycles. The zero-order valence-electron chi connectivity index (χ0n) is 14.4. The van der Waals surface area contributed by atoms with Crippen molar-refractivity contribution in [3.05, 3.63) is 42.5 Å². The number of pyridine rings is 2. The van der Waals surface area contributed by atoms with Gasteiger partial charge in [-0.05, 0) is 12.1 Å². The van der Waals surface area contributed by atoms with Crippen LogP contribution in [-0.2, 0) is 20.6 Å². The summed E-state index contributed by atoms with van der Waals surface area (Å²) < 4.78 is 29.6. The molecule has 0 aromatic carbocycles. The van der Waals surface area contributed by atoms with E-state index in [2.05, 4.69) is 19.1 Å². The molecule has 102 valence electrons. The Morgan fingerprint density at radius 3 is 2.95 bits per heavy atom. The normalized spacial score (nSPS) is 15.8. The van der Waals surface area contributed by atoms with Crippen molar-refractivity contribution in [2.75, 3.05) is 0 Å². The van der Waals surface area contributed by atoms with Crippen LogP contribution in [0.1, 0.15) is 9.68 Å². The van der Waals surface area contributed by atoms with Gasteiger partial charge >= 0.3 is 0 Å². The van der Waals surface area contributed by atoms with E-state index in [0.717, 1.165) is 27.9 Å². The van der Waals surface area contributed by atoms with Crippen LogP contribution in [0.25, 0.3) is 33.5 Å². The van der Waals surface area contributed by atoms with Crippen LogP contribution in [0.5, 0.6) is 0 Å². The predicted octanol–water partition coefficient (Wildman–Crippen LogP) is 1.78. The van der Waals surface area contributed by atoms with E-state index in [0.29, 0.717) is 17.7 Å². The molecule has 0 saturated heterocycles. The molecule has 0 unspecified atom stereocenters. The van der Waals surface area contributed by atoms with E-state index in [9.17, 15) is 0 Å². The minimum atomic E-state index is -2.28. The van der Waals surface area contributed by atoms with Gasteiger partial charge < -0.3 is 0 Å². The van der Waals surface area contributed by atoms with E-state index in [1.807, 2.05) is 25.4 Å². The minimum absolute atomic E-state index is 0.621. The number of aromatic nitrogens is 5. The second-order valence-corrected chi connectivity index (χ2v) is 5.40. The summed E-state index contributed by atoms with van der Waals surface area (Å²) >= 11 is 0. The maximum absolute atomic E-state index is 8.02. The second kappa shape index (κ2) is 3.49. The smallest absolute Gasteiger partial charge is 0.264 e. The van der Waals surface area contributed by atoms with Crippen LogP contribution in [-0.4, -0.2) is 19.1 Å². The lowest BCUT2D eigenvalue weighted by molar-refractivity contribution is -0.648. The first kappa shape index (κ1) is 8.56. The molecule has 0 fully saturated rings. The highest BCUT2D eigenvalue weighted by atomic mass is 15.2. The van der Waals surface area contributed by atoms with Crippen LogP contribution in [0.4, 0.5) is 0 Å². The number of rotatable bonds is 0. The van der Waals surface area contributed by atoms with Crippen molar-refractivity contribution in [2.45, 2.75) is 6.54 Å². The highest BCUT2D eigenvalue weighted by molar-refractivity contribution is 6.04. The number of imidazole rings is 1. The molecule has 0 bridgehead atoms. The molecule has 5 nitrogen and oxygen atoms in total. The molecule has 4 aromatic heterocycles. The van der Waals surface area contributed by atoms with E-state index in [-0.39, 0.29) is 0 Å². The Morgan fingerprint density at radius 1 is 1.19 bits per heavy atom. The van der Waals surface area contributed by atoms with Crippen LogP contribution in [0.3, 0.4) is 0 Å². The van der Waals surface area contributed by atoms with Crippen molar-refractivity contribution in [2.24, 2.45) is 14.0 Å². The molecule has 5 heterocycles. The molecule has 0 aliphatic carbocycles. The zero-order chi connectivity index (χ0) is 16.6. The van der Waals surface area contributed by atoms with Crippen molar-refractivity contribution >= 4 is 22.1 Å². The fraction of sp³-hybridized carbons (Fsp3) is 0.188. The Balaban J connectivity index is 2.02. The summed E-state index contributed by atoms with van der Waals surface area (Å²) in [5, 5.41) is 0.899. The summed E-state index contributed by atoms with van der Waals surface area (Å²) in [6.45, 7) is -1.66. The Hall–Kier alpha value is -2.69. The highest BCUT2D eigenvalue weighted by Gasteiger charge is 2.34. The van der Waals surface area contributed by atoms with Gasteiger partial charge in [0, 0.05) is 24.2 Å². The number of aryl methyl sites for hydroxylation is 2. The first-order valence-electron chi connectivity index (χ1n) is 8.29. The van der Waals surface area contributed by atoms with Crippen molar-refractivity contribution in [3.8, 4) is 11.4 Å². The van der Waals surface area contributed by atoms with Crippen molar-refractivity contribution in [1.29, 1.82) is 0 Å². The van der Waals surface area contributed by atoms with Crippen molar-refractivity contribution < 1.29 is 8.68 Å². The van der Waals surface area contributed by atoms with E-state index >= 15 is 0 Å². The molecule has 0 spiro atoms. The fourth-order valence-corrected chi connectivity index (χ4v) is 3.49. The number of nitrogens with zero attached hydrogens (tertiary/aromatic N) is 5. The van der Waals surface area contributed by atoms with Gasteiger partial charge in [-0.2, -0.15) is 0 Å². The summed E-state index contributed by atoms with van der Waals surface area (Å²) in [7, 11) is 1.98. The molecule has 5 rings (SSSR count). The molecular formula is C16H14N5+. The van der Waals surface area contributed by atoms with Gasteiger partial charge in [-0.15, -0.1) is 0 Å². The van der Waals surface area contributed by atoms with E-state index < -0.39 is 6.98 Å². The fourth-order valence-electron chi connectivity index (χ4n) is 3.49. The topological polar surface area (TPSA) is 39.5 Å². The minimum Gasteiger partial charge on any atom is -0.264 e. The summed E-state index contributed by atoms with van der Waals surface area (Å²) in [4.78, 5) is 8.32. The zero-order valence-corrected chi connectivity index (χ0v) is 11.4. The van der Waals surface area contributed by atoms with Crippen LogP contribution in [0, 0.1) is 0 Å². The molecule has 4 aromatic rings. The highest BCUT2D eigenvalue weighted by Crippen LogP contribution is 2.34. The maximum atomic E-state index is 8.02. The number of hydrogen-bond donors (Lipinski definition) is 0. The first-order chi connectivity index (χ1) is 11.5. The molecule has 0 radical (unpaired) electrons. The Labute approximate surface area is 125 Å². The molecule has 1 aliphatic heterocycles. The molecular weight excluding hydrogens is 262 g/mol. The van der Waals surface area contributed by atoms with Gasteiger partial charge in [0.2, 0.25) is 5.82 Å². The van der Waals surface area contributed by atoms with Crippen molar-refractivity contribution in [3.63, 3.8) is 0 Å². The van der Waals surface area contributed by atoms with Crippen LogP contribution < -0.4 is 4.57 Å². The van der Waals surface area contributed by atoms with Gasteiger partial charge in [-0.25, -0.2) is 4.57 Å².